The Morgan fingerprint density at radius 2 is 1.88 bits per heavy atom. The van der Waals surface area contributed by atoms with Crippen LogP contribution >= 0.6 is 0 Å². The number of carbonyl (C=O) groups is 1. The Hall–Kier alpha value is -3.05. The summed E-state index contributed by atoms with van der Waals surface area (Å²) in [6, 6.07) is 12.6. The Labute approximate surface area is 188 Å². The molecule has 3 aliphatic rings. The summed E-state index contributed by atoms with van der Waals surface area (Å²) >= 11 is 0. The zero-order valence-corrected chi connectivity index (χ0v) is 18.9. The van der Waals surface area contributed by atoms with Gasteiger partial charge in [-0.05, 0) is 46.4 Å². The summed E-state index contributed by atoms with van der Waals surface area (Å²) in [4.78, 5) is 13.8. The number of fused-ring (bicyclic) bond motifs is 2. The van der Waals surface area contributed by atoms with Crippen molar-refractivity contribution in [3.63, 3.8) is 0 Å². The lowest BCUT2D eigenvalue weighted by molar-refractivity contribution is -0.922. The molecule has 0 N–H and O–H groups in total. The molecule has 5 heteroatoms. The van der Waals surface area contributed by atoms with Gasteiger partial charge in [-0.3, -0.25) is 4.79 Å². The van der Waals surface area contributed by atoms with Gasteiger partial charge < -0.3 is 18.7 Å². The maximum absolute atomic E-state index is 13.8. The summed E-state index contributed by atoms with van der Waals surface area (Å²) in [5, 5.41) is 2.39. The van der Waals surface area contributed by atoms with E-state index in [0.717, 1.165) is 58.3 Å². The molecule has 0 saturated heterocycles. The van der Waals surface area contributed by atoms with Crippen LogP contribution in [0.2, 0.25) is 0 Å². The molecule has 0 unspecified atom stereocenters. The van der Waals surface area contributed by atoms with Crippen LogP contribution in [0, 0.1) is 0 Å². The standard InChI is InChI=1S/C27H28NO4/c1-28(2)12-11-18-13-23-26(32-15-31-23)27(30-3)25(18)21(28)14-22(29)19-10-9-17-8-7-16-5-4-6-20(19)24(16)17/h4-6,9-10,13,21H,7-8,11-12,14-15H2,1-3H3/q+1/t21-/m0/s1. The zero-order chi connectivity index (χ0) is 22.0. The summed E-state index contributed by atoms with van der Waals surface area (Å²) in [5.74, 6) is 2.31. The summed E-state index contributed by atoms with van der Waals surface area (Å²) in [6.45, 7) is 1.16. The maximum Gasteiger partial charge on any atom is 0.231 e. The first-order chi connectivity index (χ1) is 15.5. The molecular formula is C27H28NO4+. The van der Waals surface area contributed by atoms with Crippen molar-refractivity contribution in [2.45, 2.75) is 31.7 Å². The van der Waals surface area contributed by atoms with Crippen molar-refractivity contribution in [1.29, 1.82) is 0 Å². The summed E-state index contributed by atoms with van der Waals surface area (Å²) in [6.07, 6.45) is 3.47. The predicted octanol–water partition coefficient (Wildman–Crippen LogP) is 4.62. The lowest BCUT2D eigenvalue weighted by Crippen LogP contribution is -2.48. The van der Waals surface area contributed by atoms with E-state index in [1.165, 1.54) is 22.1 Å². The van der Waals surface area contributed by atoms with Crippen LogP contribution < -0.4 is 14.2 Å². The van der Waals surface area contributed by atoms with Crippen molar-refractivity contribution in [3.05, 3.63) is 64.2 Å². The number of quaternary nitrogens is 1. The summed E-state index contributed by atoms with van der Waals surface area (Å²) in [5.41, 5.74) is 5.84. The van der Waals surface area contributed by atoms with Gasteiger partial charge in [-0.1, -0.05) is 30.3 Å². The molecule has 3 aromatic carbocycles. The molecule has 164 valence electrons. The van der Waals surface area contributed by atoms with Crippen LogP contribution in [0.1, 0.15) is 45.1 Å². The number of ketones is 1. The predicted molar refractivity (Wildman–Crippen MR) is 123 cm³/mol. The van der Waals surface area contributed by atoms with Gasteiger partial charge in [0.25, 0.3) is 0 Å². The first-order valence-corrected chi connectivity index (χ1v) is 11.4. The minimum atomic E-state index is -0.0151. The molecule has 2 aliphatic heterocycles. The summed E-state index contributed by atoms with van der Waals surface area (Å²) in [7, 11) is 6.09. The van der Waals surface area contributed by atoms with Gasteiger partial charge in [-0.25, -0.2) is 0 Å². The normalized spacial score (nSPS) is 19.8. The molecule has 0 bridgehead atoms. The highest BCUT2D eigenvalue weighted by Gasteiger charge is 2.42. The van der Waals surface area contributed by atoms with Gasteiger partial charge in [-0.2, -0.15) is 0 Å². The summed E-state index contributed by atoms with van der Waals surface area (Å²) < 4.78 is 18.0. The first kappa shape index (κ1) is 19.6. The number of nitrogens with zero attached hydrogens (tertiary/aromatic N) is 1. The van der Waals surface area contributed by atoms with E-state index in [4.69, 9.17) is 14.2 Å². The lowest BCUT2D eigenvalue weighted by atomic mass is 9.85. The Balaban J connectivity index is 1.45. The fourth-order valence-corrected chi connectivity index (χ4v) is 5.89. The first-order valence-electron chi connectivity index (χ1n) is 11.4. The van der Waals surface area contributed by atoms with Gasteiger partial charge in [0.15, 0.2) is 17.3 Å². The average molecular weight is 431 g/mol. The number of hydrogen-bond acceptors (Lipinski definition) is 4. The van der Waals surface area contributed by atoms with Gasteiger partial charge in [0.1, 0.15) is 6.04 Å². The lowest BCUT2D eigenvalue weighted by Gasteiger charge is -2.43. The van der Waals surface area contributed by atoms with Crippen molar-refractivity contribution in [1.82, 2.24) is 0 Å². The number of Topliss-reactive ketones (excluding diaryl/α,β-unsaturated/α-hetero) is 1. The van der Waals surface area contributed by atoms with Gasteiger partial charge in [0, 0.05) is 12.0 Å². The third-order valence-electron chi connectivity index (χ3n) is 7.64. The second-order valence-electron chi connectivity index (χ2n) is 9.72. The van der Waals surface area contributed by atoms with Crippen LogP contribution in [0.25, 0.3) is 10.8 Å². The topological polar surface area (TPSA) is 44.8 Å². The number of hydrogen-bond donors (Lipinski definition) is 0. The molecule has 0 aromatic heterocycles. The molecule has 1 aliphatic carbocycles. The van der Waals surface area contributed by atoms with E-state index in [9.17, 15) is 4.79 Å². The SMILES string of the molecule is COc1c2c(cc3c1[C@H](CC(=O)c1ccc4c5c(cccc15)CC4)[N+](C)(C)CC3)OCO2. The van der Waals surface area contributed by atoms with Crippen molar-refractivity contribution in [2.75, 3.05) is 34.5 Å². The largest absolute Gasteiger partial charge is 0.492 e. The van der Waals surface area contributed by atoms with Gasteiger partial charge >= 0.3 is 0 Å². The number of carbonyl (C=O) groups excluding carboxylic acids is 1. The van der Waals surface area contributed by atoms with Crippen LogP contribution in [-0.4, -0.2) is 44.8 Å². The van der Waals surface area contributed by atoms with Crippen LogP contribution in [0.4, 0.5) is 0 Å². The van der Waals surface area contributed by atoms with Gasteiger partial charge in [-0.15, -0.1) is 0 Å². The molecule has 32 heavy (non-hydrogen) atoms. The van der Waals surface area contributed by atoms with Crippen molar-refractivity contribution in [3.8, 4) is 17.2 Å². The number of aryl methyl sites for hydroxylation is 2. The second kappa shape index (κ2) is 6.97. The zero-order valence-electron chi connectivity index (χ0n) is 18.9. The van der Waals surface area contributed by atoms with Crippen LogP contribution in [0.5, 0.6) is 17.2 Å². The number of likely N-dealkylation sites (N-methyl/N-ethyl adjacent to an activating group) is 1. The van der Waals surface area contributed by atoms with Gasteiger partial charge in [0.2, 0.25) is 12.5 Å². The molecule has 0 saturated carbocycles. The molecule has 3 aromatic rings. The molecule has 5 nitrogen and oxygen atoms in total. The second-order valence-corrected chi connectivity index (χ2v) is 9.72. The molecule has 6 rings (SSSR count). The highest BCUT2D eigenvalue weighted by atomic mass is 16.7. The number of benzene rings is 3. The van der Waals surface area contributed by atoms with E-state index in [1.54, 1.807) is 7.11 Å². The third-order valence-corrected chi connectivity index (χ3v) is 7.64. The quantitative estimate of drug-likeness (QED) is 0.448. The van der Waals surface area contributed by atoms with E-state index in [2.05, 4.69) is 44.4 Å². The molecule has 0 amide bonds. The smallest absolute Gasteiger partial charge is 0.231 e. The molecular weight excluding hydrogens is 402 g/mol. The van der Waals surface area contributed by atoms with Gasteiger partial charge in [0.05, 0.1) is 39.7 Å². The fraction of sp³-hybridized carbons (Fsp3) is 0.370. The van der Waals surface area contributed by atoms with Crippen molar-refractivity contribution < 1.29 is 23.5 Å². The number of ether oxygens (including phenoxy) is 3. The van der Waals surface area contributed by atoms with E-state index >= 15 is 0 Å². The van der Waals surface area contributed by atoms with Crippen LogP contribution in [-0.2, 0) is 19.3 Å². The van der Waals surface area contributed by atoms with E-state index in [0.29, 0.717) is 12.2 Å². The monoisotopic (exact) mass is 430 g/mol. The van der Waals surface area contributed by atoms with Crippen molar-refractivity contribution in [2.24, 2.45) is 0 Å². The fourth-order valence-electron chi connectivity index (χ4n) is 5.89. The Morgan fingerprint density at radius 3 is 2.69 bits per heavy atom. The Kier molecular flexibility index (Phi) is 4.28. The molecule has 0 spiro atoms. The van der Waals surface area contributed by atoms with Crippen molar-refractivity contribution >= 4 is 16.6 Å². The Morgan fingerprint density at radius 1 is 1.06 bits per heavy atom. The Bertz CT molecular complexity index is 1270. The van der Waals surface area contributed by atoms with Crippen LogP contribution in [0.3, 0.4) is 0 Å². The average Bonchev–Trinajstić information content (AvgIpc) is 3.42. The molecule has 2 heterocycles. The maximum atomic E-state index is 13.8. The highest BCUT2D eigenvalue weighted by Crippen LogP contribution is 2.51. The van der Waals surface area contributed by atoms with E-state index in [1.807, 2.05) is 6.07 Å². The minimum Gasteiger partial charge on any atom is -0.492 e. The van der Waals surface area contributed by atoms with E-state index in [-0.39, 0.29) is 18.6 Å². The number of rotatable bonds is 4. The van der Waals surface area contributed by atoms with E-state index < -0.39 is 0 Å². The van der Waals surface area contributed by atoms with Crippen LogP contribution in [0.15, 0.2) is 36.4 Å². The minimum absolute atomic E-state index is 0.0151. The molecule has 0 fully saturated rings. The molecule has 0 radical (unpaired) electrons. The molecule has 1 atom stereocenters. The third kappa shape index (κ3) is 2.77. The highest BCUT2D eigenvalue weighted by molar-refractivity contribution is 6.10. The number of methoxy groups -OCH3 is 1.